The summed E-state index contributed by atoms with van der Waals surface area (Å²) in [6, 6.07) is 14.7. The third kappa shape index (κ3) is 3.36. The van der Waals surface area contributed by atoms with Crippen LogP contribution in [0.2, 0.25) is 0 Å². The maximum absolute atomic E-state index is 12.9. The molecule has 0 bridgehead atoms. The number of nitrogens with zero attached hydrogens (tertiary/aromatic N) is 1. The zero-order valence-corrected chi connectivity index (χ0v) is 15.8. The van der Waals surface area contributed by atoms with Gasteiger partial charge in [-0.05, 0) is 55.3 Å². The average molecular weight is 381 g/mol. The molecule has 2 fully saturated rings. The van der Waals surface area contributed by atoms with Crippen molar-refractivity contribution < 1.29 is 24.2 Å². The average Bonchev–Trinajstić information content (AvgIpc) is 3.09. The topological polar surface area (TPSA) is 76.1 Å². The Balaban J connectivity index is 1.47. The van der Waals surface area contributed by atoms with E-state index in [1.165, 1.54) is 0 Å². The molecule has 2 heterocycles. The molecule has 2 atom stereocenters. The van der Waals surface area contributed by atoms with Gasteiger partial charge in [0.15, 0.2) is 0 Å². The van der Waals surface area contributed by atoms with Gasteiger partial charge in [0.2, 0.25) is 0 Å². The van der Waals surface area contributed by atoms with Crippen molar-refractivity contribution in [3.63, 3.8) is 0 Å². The number of benzene rings is 2. The van der Waals surface area contributed by atoms with Crippen molar-refractivity contribution in [2.75, 3.05) is 26.3 Å². The van der Waals surface area contributed by atoms with E-state index in [1.54, 1.807) is 29.2 Å². The second-order valence-corrected chi connectivity index (χ2v) is 7.61. The van der Waals surface area contributed by atoms with Gasteiger partial charge in [-0.25, -0.2) is 0 Å². The maximum Gasteiger partial charge on any atom is 0.311 e. The lowest BCUT2D eigenvalue weighted by Gasteiger charge is -2.33. The molecule has 0 unspecified atom stereocenters. The molecular formula is C22H23NO5. The maximum atomic E-state index is 12.9. The standard InChI is InChI=1S/C22H23NO5/c1-15-3-2-4-19(11-15)28-18-7-5-16(6-8-18)20(24)23-12-17-13-27-10-9-22(17,14-23)21(25)26/h2-8,11,17H,9-10,12-14H2,1H3,(H,25,26)/t17-,22+/m1/s1. The zero-order chi connectivity index (χ0) is 19.7. The molecule has 1 amide bonds. The van der Waals surface area contributed by atoms with Crippen molar-refractivity contribution >= 4 is 11.9 Å². The van der Waals surface area contributed by atoms with Gasteiger partial charge in [-0.2, -0.15) is 0 Å². The Bertz CT molecular complexity index is 894. The molecule has 1 N–H and O–H groups in total. The third-order valence-corrected chi connectivity index (χ3v) is 5.75. The van der Waals surface area contributed by atoms with Crippen molar-refractivity contribution in [3.05, 3.63) is 59.7 Å². The van der Waals surface area contributed by atoms with Crippen LogP contribution in [0.25, 0.3) is 0 Å². The first kappa shape index (κ1) is 18.5. The number of carbonyl (C=O) groups is 2. The summed E-state index contributed by atoms with van der Waals surface area (Å²) in [5.74, 6) is 0.237. The Morgan fingerprint density at radius 2 is 1.96 bits per heavy atom. The molecule has 0 spiro atoms. The van der Waals surface area contributed by atoms with Gasteiger partial charge in [-0.15, -0.1) is 0 Å². The number of fused-ring (bicyclic) bond motifs is 1. The highest BCUT2D eigenvalue weighted by atomic mass is 16.5. The molecule has 4 rings (SSSR count). The first-order valence-corrected chi connectivity index (χ1v) is 9.43. The Hall–Kier alpha value is -2.86. The van der Waals surface area contributed by atoms with E-state index >= 15 is 0 Å². The fourth-order valence-corrected chi connectivity index (χ4v) is 4.12. The highest BCUT2D eigenvalue weighted by Gasteiger charge is 2.54. The molecule has 146 valence electrons. The van der Waals surface area contributed by atoms with E-state index in [1.807, 2.05) is 31.2 Å². The van der Waals surface area contributed by atoms with Gasteiger partial charge in [-0.3, -0.25) is 9.59 Å². The van der Waals surface area contributed by atoms with E-state index in [0.29, 0.717) is 37.5 Å². The summed E-state index contributed by atoms with van der Waals surface area (Å²) in [5, 5.41) is 9.76. The monoisotopic (exact) mass is 381 g/mol. The van der Waals surface area contributed by atoms with Crippen LogP contribution >= 0.6 is 0 Å². The van der Waals surface area contributed by atoms with E-state index in [-0.39, 0.29) is 18.4 Å². The minimum Gasteiger partial charge on any atom is -0.481 e. The van der Waals surface area contributed by atoms with E-state index in [9.17, 15) is 14.7 Å². The molecule has 6 nitrogen and oxygen atoms in total. The van der Waals surface area contributed by atoms with E-state index in [4.69, 9.17) is 9.47 Å². The summed E-state index contributed by atoms with van der Waals surface area (Å²) >= 11 is 0. The van der Waals surface area contributed by atoms with Crippen molar-refractivity contribution in [2.45, 2.75) is 13.3 Å². The number of amides is 1. The summed E-state index contributed by atoms with van der Waals surface area (Å²) in [7, 11) is 0. The number of carbonyl (C=O) groups excluding carboxylic acids is 1. The third-order valence-electron chi connectivity index (χ3n) is 5.75. The molecule has 0 aliphatic carbocycles. The summed E-state index contributed by atoms with van der Waals surface area (Å²) in [6.45, 7) is 3.45. The van der Waals surface area contributed by atoms with Gasteiger partial charge in [0.1, 0.15) is 11.5 Å². The van der Waals surface area contributed by atoms with Gasteiger partial charge in [-0.1, -0.05) is 12.1 Å². The molecular weight excluding hydrogens is 358 g/mol. The van der Waals surface area contributed by atoms with Crippen molar-refractivity contribution in [3.8, 4) is 11.5 Å². The van der Waals surface area contributed by atoms with Gasteiger partial charge < -0.3 is 19.5 Å². The van der Waals surface area contributed by atoms with Crippen molar-refractivity contribution in [1.82, 2.24) is 4.90 Å². The SMILES string of the molecule is Cc1cccc(Oc2ccc(C(=O)N3C[C@@H]4COCC[C@]4(C(=O)O)C3)cc2)c1. The molecule has 28 heavy (non-hydrogen) atoms. The predicted molar refractivity (Wildman–Crippen MR) is 103 cm³/mol. The largest absolute Gasteiger partial charge is 0.481 e. The molecule has 0 radical (unpaired) electrons. The Morgan fingerprint density at radius 1 is 1.18 bits per heavy atom. The number of hydrogen-bond acceptors (Lipinski definition) is 4. The van der Waals surface area contributed by atoms with Gasteiger partial charge in [0.05, 0.1) is 12.0 Å². The first-order valence-electron chi connectivity index (χ1n) is 9.43. The van der Waals surface area contributed by atoms with Crippen LogP contribution in [0.4, 0.5) is 0 Å². The molecule has 2 aliphatic rings. The minimum absolute atomic E-state index is 0.155. The Kier molecular flexibility index (Phi) is 4.81. The first-order chi connectivity index (χ1) is 13.5. The minimum atomic E-state index is -0.887. The van der Waals surface area contributed by atoms with Gasteiger partial charge in [0, 0.05) is 31.2 Å². The van der Waals surface area contributed by atoms with Crippen LogP contribution in [-0.2, 0) is 9.53 Å². The zero-order valence-electron chi connectivity index (χ0n) is 15.8. The van der Waals surface area contributed by atoms with Crippen LogP contribution in [-0.4, -0.2) is 48.2 Å². The van der Waals surface area contributed by atoms with E-state index in [0.717, 1.165) is 11.3 Å². The molecule has 0 aromatic heterocycles. The number of carboxylic acids is 1. The van der Waals surface area contributed by atoms with Crippen LogP contribution < -0.4 is 4.74 Å². The lowest BCUT2D eigenvalue weighted by Crippen LogP contribution is -2.45. The second-order valence-electron chi connectivity index (χ2n) is 7.61. The van der Waals surface area contributed by atoms with E-state index in [2.05, 4.69) is 0 Å². The summed E-state index contributed by atoms with van der Waals surface area (Å²) in [4.78, 5) is 26.5. The lowest BCUT2D eigenvalue weighted by molar-refractivity contribution is -0.157. The number of aryl methyl sites for hydroxylation is 1. The van der Waals surface area contributed by atoms with Crippen LogP contribution in [0.5, 0.6) is 11.5 Å². The molecule has 2 aliphatic heterocycles. The molecule has 6 heteroatoms. The molecule has 2 aromatic carbocycles. The number of rotatable bonds is 4. The molecule has 0 saturated carbocycles. The fraction of sp³-hybridized carbons (Fsp3) is 0.364. The Morgan fingerprint density at radius 3 is 2.64 bits per heavy atom. The van der Waals surface area contributed by atoms with Gasteiger partial charge in [0.25, 0.3) is 5.91 Å². The Labute approximate surface area is 163 Å². The highest BCUT2D eigenvalue weighted by molar-refractivity contribution is 5.95. The number of ether oxygens (including phenoxy) is 2. The van der Waals surface area contributed by atoms with Crippen molar-refractivity contribution in [1.29, 1.82) is 0 Å². The molecule has 2 saturated heterocycles. The smallest absolute Gasteiger partial charge is 0.311 e. The summed E-state index contributed by atoms with van der Waals surface area (Å²) in [6.07, 6.45) is 0.444. The predicted octanol–water partition coefficient (Wildman–Crippen LogP) is 3.35. The lowest BCUT2D eigenvalue weighted by atomic mass is 9.74. The number of carboxylic acid groups (broad SMARTS) is 1. The number of likely N-dealkylation sites (tertiary alicyclic amines) is 1. The quantitative estimate of drug-likeness (QED) is 0.879. The van der Waals surface area contributed by atoms with Crippen LogP contribution in [0.3, 0.4) is 0 Å². The fourth-order valence-electron chi connectivity index (χ4n) is 4.12. The summed E-state index contributed by atoms with van der Waals surface area (Å²) < 4.78 is 11.3. The highest BCUT2D eigenvalue weighted by Crippen LogP contribution is 2.42. The number of aliphatic carboxylic acids is 1. The van der Waals surface area contributed by atoms with Gasteiger partial charge >= 0.3 is 5.97 Å². The summed E-state index contributed by atoms with van der Waals surface area (Å²) in [5.41, 5.74) is 0.745. The van der Waals surface area contributed by atoms with E-state index < -0.39 is 11.4 Å². The van der Waals surface area contributed by atoms with Crippen LogP contribution in [0, 0.1) is 18.3 Å². The van der Waals surface area contributed by atoms with Crippen LogP contribution in [0.15, 0.2) is 48.5 Å². The normalized spacial score (nSPS) is 23.9. The van der Waals surface area contributed by atoms with Crippen LogP contribution in [0.1, 0.15) is 22.3 Å². The second kappa shape index (κ2) is 7.28. The number of hydrogen-bond donors (Lipinski definition) is 1. The van der Waals surface area contributed by atoms with Crippen molar-refractivity contribution in [2.24, 2.45) is 11.3 Å². The molecule has 2 aromatic rings.